The van der Waals surface area contributed by atoms with Gasteiger partial charge in [0.15, 0.2) is 0 Å². The van der Waals surface area contributed by atoms with E-state index in [-0.39, 0.29) is 0 Å². The van der Waals surface area contributed by atoms with Crippen molar-refractivity contribution in [2.45, 2.75) is 12.8 Å². The van der Waals surface area contributed by atoms with Gasteiger partial charge in [-0.05, 0) is 44.0 Å². The lowest BCUT2D eigenvalue weighted by molar-refractivity contribution is 0.401. The van der Waals surface area contributed by atoms with Gasteiger partial charge in [0, 0.05) is 5.38 Å². The number of ether oxygens (including phenoxy) is 1. The van der Waals surface area contributed by atoms with E-state index < -0.39 is 0 Å². The molecule has 0 spiro atoms. The summed E-state index contributed by atoms with van der Waals surface area (Å²) < 4.78 is 5.43. The van der Waals surface area contributed by atoms with Crippen molar-refractivity contribution in [1.29, 1.82) is 0 Å². The van der Waals surface area contributed by atoms with Crippen LogP contribution < -0.4 is 10.1 Å². The Bertz CT molecular complexity index is 485. The zero-order chi connectivity index (χ0) is 13.5. The molecule has 0 aliphatic heterocycles. The summed E-state index contributed by atoms with van der Waals surface area (Å²) in [5.41, 5.74) is 4.34. The lowest BCUT2D eigenvalue weighted by atomic mass is 9.94. The molecule has 0 amide bonds. The molecular formula is C15H20N2OS. The van der Waals surface area contributed by atoms with Gasteiger partial charge in [-0.1, -0.05) is 18.2 Å². The zero-order valence-electron chi connectivity index (χ0n) is 11.4. The van der Waals surface area contributed by atoms with Crippen LogP contribution in [-0.4, -0.2) is 25.7 Å². The predicted octanol–water partition coefficient (Wildman–Crippen LogP) is 2.77. The standard InChI is InChI=1S/C15H20N2OS/c1-16-9-12(8-14-10-19-11-17-14)7-13-5-3-4-6-15(13)18-2/h3-6,10-12,16H,7-9H2,1-2H3. The summed E-state index contributed by atoms with van der Waals surface area (Å²) in [7, 11) is 3.72. The van der Waals surface area contributed by atoms with Crippen LogP contribution in [0.25, 0.3) is 0 Å². The van der Waals surface area contributed by atoms with Gasteiger partial charge in [-0.2, -0.15) is 0 Å². The van der Waals surface area contributed by atoms with E-state index in [1.807, 2.05) is 24.7 Å². The van der Waals surface area contributed by atoms with Gasteiger partial charge < -0.3 is 10.1 Å². The Morgan fingerprint density at radius 3 is 2.84 bits per heavy atom. The van der Waals surface area contributed by atoms with Gasteiger partial charge in [-0.3, -0.25) is 0 Å². The molecule has 1 aromatic heterocycles. The van der Waals surface area contributed by atoms with Crippen LogP contribution in [-0.2, 0) is 12.8 Å². The summed E-state index contributed by atoms with van der Waals surface area (Å²) >= 11 is 1.66. The Morgan fingerprint density at radius 1 is 1.32 bits per heavy atom. The average molecular weight is 276 g/mol. The quantitative estimate of drug-likeness (QED) is 0.844. The molecule has 19 heavy (non-hydrogen) atoms. The highest BCUT2D eigenvalue weighted by Crippen LogP contribution is 2.22. The second-order valence-corrected chi connectivity index (χ2v) is 5.34. The summed E-state index contributed by atoms with van der Waals surface area (Å²) in [6, 6.07) is 8.24. The first-order valence-electron chi connectivity index (χ1n) is 6.47. The first-order valence-corrected chi connectivity index (χ1v) is 7.41. The lowest BCUT2D eigenvalue weighted by Crippen LogP contribution is -2.23. The summed E-state index contributed by atoms with van der Waals surface area (Å²) in [6.07, 6.45) is 2.00. The topological polar surface area (TPSA) is 34.2 Å². The molecule has 1 N–H and O–H groups in total. The monoisotopic (exact) mass is 276 g/mol. The van der Waals surface area contributed by atoms with Crippen LogP contribution in [0.3, 0.4) is 0 Å². The molecule has 2 aromatic rings. The highest BCUT2D eigenvalue weighted by Gasteiger charge is 2.13. The number of benzene rings is 1. The predicted molar refractivity (Wildman–Crippen MR) is 79.9 cm³/mol. The molecular weight excluding hydrogens is 256 g/mol. The van der Waals surface area contributed by atoms with E-state index in [0.29, 0.717) is 5.92 Å². The number of aromatic nitrogens is 1. The van der Waals surface area contributed by atoms with Crippen LogP contribution in [0.5, 0.6) is 5.75 Å². The lowest BCUT2D eigenvalue weighted by Gasteiger charge is -2.17. The van der Waals surface area contributed by atoms with Crippen molar-refractivity contribution in [3.05, 3.63) is 46.4 Å². The molecule has 0 aliphatic rings. The number of methoxy groups -OCH3 is 1. The first-order chi connectivity index (χ1) is 9.33. The molecule has 3 nitrogen and oxygen atoms in total. The van der Waals surface area contributed by atoms with Crippen LogP contribution in [0, 0.1) is 5.92 Å². The smallest absolute Gasteiger partial charge is 0.122 e. The molecule has 102 valence electrons. The van der Waals surface area contributed by atoms with Gasteiger partial charge in [-0.25, -0.2) is 4.98 Å². The third-order valence-corrected chi connectivity index (χ3v) is 3.81. The van der Waals surface area contributed by atoms with Crippen molar-refractivity contribution in [2.75, 3.05) is 20.7 Å². The van der Waals surface area contributed by atoms with Crippen molar-refractivity contribution in [1.82, 2.24) is 10.3 Å². The van der Waals surface area contributed by atoms with E-state index in [2.05, 4.69) is 27.8 Å². The minimum atomic E-state index is 0.531. The van der Waals surface area contributed by atoms with Crippen LogP contribution >= 0.6 is 11.3 Å². The minimum Gasteiger partial charge on any atom is -0.496 e. The minimum absolute atomic E-state index is 0.531. The van der Waals surface area contributed by atoms with E-state index in [9.17, 15) is 0 Å². The first kappa shape index (κ1) is 14.0. The van der Waals surface area contributed by atoms with Crippen LogP contribution in [0.2, 0.25) is 0 Å². The van der Waals surface area contributed by atoms with Gasteiger partial charge in [0.1, 0.15) is 5.75 Å². The second-order valence-electron chi connectivity index (χ2n) is 4.62. The van der Waals surface area contributed by atoms with Gasteiger partial charge in [0.25, 0.3) is 0 Å². The van der Waals surface area contributed by atoms with E-state index in [4.69, 9.17) is 4.74 Å². The molecule has 0 aliphatic carbocycles. The number of rotatable bonds is 7. The second kappa shape index (κ2) is 7.26. The highest BCUT2D eigenvalue weighted by molar-refractivity contribution is 7.07. The average Bonchev–Trinajstić information content (AvgIpc) is 2.92. The van der Waals surface area contributed by atoms with Crippen molar-refractivity contribution < 1.29 is 4.74 Å². The Morgan fingerprint density at radius 2 is 2.16 bits per heavy atom. The van der Waals surface area contributed by atoms with Gasteiger partial charge in [-0.15, -0.1) is 11.3 Å². The third-order valence-electron chi connectivity index (χ3n) is 3.18. The van der Waals surface area contributed by atoms with Crippen LogP contribution in [0.15, 0.2) is 35.2 Å². The molecule has 0 radical (unpaired) electrons. The summed E-state index contributed by atoms with van der Waals surface area (Å²) in [5, 5.41) is 5.40. The SMILES string of the molecule is CNCC(Cc1cscn1)Cc1ccccc1OC. The number of thiazole rings is 1. The van der Waals surface area contributed by atoms with Crippen LogP contribution in [0.4, 0.5) is 0 Å². The van der Waals surface area contributed by atoms with E-state index in [1.54, 1.807) is 18.4 Å². The van der Waals surface area contributed by atoms with E-state index in [0.717, 1.165) is 25.1 Å². The zero-order valence-corrected chi connectivity index (χ0v) is 12.2. The van der Waals surface area contributed by atoms with Crippen molar-refractivity contribution in [3.8, 4) is 5.75 Å². The fourth-order valence-electron chi connectivity index (χ4n) is 2.32. The Balaban J connectivity index is 2.07. The number of nitrogens with zero attached hydrogens (tertiary/aromatic N) is 1. The highest BCUT2D eigenvalue weighted by atomic mass is 32.1. The summed E-state index contributed by atoms with van der Waals surface area (Å²) in [5.74, 6) is 1.50. The maximum atomic E-state index is 5.43. The molecule has 0 saturated heterocycles. The van der Waals surface area contributed by atoms with Gasteiger partial charge in [0.05, 0.1) is 18.3 Å². The largest absolute Gasteiger partial charge is 0.496 e. The molecule has 0 bridgehead atoms. The van der Waals surface area contributed by atoms with Gasteiger partial charge >= 0.3 is 0 Å². The molecule has 2 rings (SSSR count). The normalized spacial score (nSPS) is 12.3. The fraction of sp³-hybridized carbons (Fsp3) is 0.400. The van der Waals surface area contributed by atoms with Crippen molar-refractivity contribution in [3.63, 3.8) is 0 Å². The molecule has 0 fully saturated rings. The Kier molecular flexibility index (Phi) is 5.36. The van der Waals surface area contributed by atoms with Crippen LogP contribution in [0.1, 0.15) is 11.3 Å². The Hall–Kier alpha value is -1.39. The van der Waals surface area contributed by atoms with E-state index in [1.165, 1.54) is 11.3 Å². The summed E-state index contributed by atoms with van der Waals surface area (Å²) in [4.78, 5) is 4.38. The molecule has 4 heteroatoms. The summed E-state index contributed by atoms with van der Waals surface area (Å²) in [6.45, 7) is 0.982. The molecule has 1 unspecified atom stereocenters. The maximum absolute atomic E-state index is 5.43. The third kappa shape index (κ3) is 4.04. The van der Waals surface area contributed by atoms with E-state index >= 15 is 0 Å². The number of para-hydroxylation sites is 1. The number of nitrogens with one attached hydrogen (secondary N) is 1. The molecule has 1 atom stereocenters. The molecule has 0 saturated carbocycles. The maximum Gasteiger partial charge on any atom is 0.122 e. The fourth-order valence-corrected chi connectivity index (χ4v) is 2.89. The van der Waals surface area contributed by atoms with Crippen molar-refractivity contribution >= 4 is 11.3 Å². The molecule has 1 aromatic carbocycles. The van der Waals surface area contributed by atoms with Gasteiger partial charge in [0.2, 0.25) is 0 Å². The number of hydrogen-bond donors (Lipinski definition) is 1. The Labute approximate surface area is 118 Å². The number of hydrogen-bond acceptors (Lipinski definition) is 4. The molecule has 1 heterocycles. The van der Waals surface area contributed by atoms with Crippen molar-refractivity contribution in [2.24, 2.45) is 5.92 Å².